The first-order valence-electron chi connectivity index (χ1n) is 9.73. The maximum absolute atomic E-state index is 12.3. The highest BCUT2D eigenvalue weighted by Crippen LogP contribution is 2.23. The van der Waals surface area contributed by atoms with Gasteiger partial charge >= 0.3 is 11.9 Å². The fourth-order valence-corrected chi connectivity index (χ4v) is 3.68. The number of rotatable bonds is 4. The van der Waals surface area contributed by atoms with Crippen molar-refractivity contribution in [1.82, 2.24) is 9.80 Å². The maximum Gasteiger partial charge on any atom is 0.414 e. The molecule has 0 aromatic heterocycles. The molecule has 2 fully saturated rings. The van der Waals surface area contributed by atoms with Gasteiger partial charge in [-0.1, -0.05) is 30.9 Å². The minimum absolute atomic E-state index is 0.0724. The minimum Gasteiger partial charge on any atom is -0.484 e. The Morgan fingerprint density at radius 1 is 0.931 bits per heavy atom. The summed E-state index contributed by atoms with van der Waals surface area (Å²) in [6, 6.07) is 7.85. The van der Waals surface area contributed by atoms with E-state index in [1.54, 1.807) is 24.3 Å². The van der Waals surface area contributed by atoms with Gasteiger partial charge in [-0.05, 0) is 37.1 Å². The molecule has 1 saturated carbocycles. The largest absolute Gasteiger partial charge is 0.484 e. The molecular formula is C20H27ClN2O6. The van der Waals surface area contributed by atoms with Crippen molar-refractivity contribution in [2.75, 3.05) is 32.8 Å². The number of amides is 1. The van der Waals surface area contributed by atoms with E-state index in [0.717, 1.165) is 32.2 Å². The summed E-state index contributed by atoms with van der Waals surface area (Å²) in [5, 5.41) is 15.5. The molecule has 9 heteroatoms. The molecule has 1 aliphatic heterocycles. The molecule has 160 valence electrons. The van der Waals surface area contributed by atoms with Crippen molar-refractivity contribution in [2.45, 2.75) is 38.1 Å². The first kappa shape index (κ1) is 23.0. The van der Waals surface area contributed by atoms with Gasteiger partial charge in [-0.15, -0.1) is 0 Å². The third-order valence-electron chi connectivity index (χ3n) is 5.12. The number of carboxylic acid groups (broad SMARTS) is 2. The van der Waals surface area contributed by atoms with E-state index in [1.807, 2.05) is 4.90 Å². The highest BCUT2D eigenvalue weighted by atomic mass is 35.5. The lowest BCUT2D eigenvalue weighted by atomic mass is 9.94. The van der Waals surface area contributed by atoms with Gasteiger partial charge in [0, 0.05) is 37.2 Å². The zero-order valence-electron chi connectivity index (χ0n) is 16.3. The average Bonchev–Trinajstić information content (AvgIpc) is 2.74. The van der Waals surface area contributed by atoms with Gasteiger partial charge in [-0.2, -0.15) is 0 Å². The van der Waals surface area contributed by atoms with E-state index in [1.165, 1.54) is 32.1 Å². The van der Waals surface area contributed by atoms with Crippen molar-refractivity contribution in [2.24, 2.45) is 0 Å². The summed E-state index contributed by atoms with van der Waals surface area (Å²) in [5.74, 6) is -2.89. The van der Waals surface area contributed by atoms with E-state index in [4.69, 9.17) is 36.1 Å². The Morgan fingerprint density at radius 3 is 2.00 bits per heavy atom. The smallest absolute Gasteiger partial charge is 0.414 e. The molecule has 1 amide bonds. The van der Waals surface area contributed by atoms with Crippen LogP contribution in [0.5, 0.6) is 5.75 Å². The Balaban J connectivity index is 0.000000438. The second kappa shape index (κ2) is 11.6. The van der Waals surface area contributed by atoms with Crippen LogP contribution < -0.4 is 4.74 Å². The van der Waals surface area contributed by atoms with Crippen LogP contribution in [0.4, 0.5) is 0 Å². The third kappa shape index (κ3) is 7.91. The first-order valence-corrected chi connectivity index (χ1v) is 10.1. The van der Waals surface area contributed by atoms with Crippen LogP contribution in [0.15, 0.2) is 24.3 Å². The zero-order valence-corrected chi connectivity index (χ0v) is 17.0. The van der Waals surface area contributed by atoms with Gasteiger partial charge in [0.1, 0.15) is 5.75 Å². The average molecular weight is 427 g/mol. The van der Waals surface area contributed by atoms with Crippen molar-refractivity contribution in [3.05, 3.63) is 29.3 Å². The van der Waals surface area contributed by atoms with Crippen LogP contribution in [0.2, 0.25) is 5.02 Å². The van der Waals surface area contributed by atoms with E-state index < -0.39 is 11.9 Å². The van der Waals surface area contributed by atoms with Gasteiger partial charge in [0.15, 0.2) is 6.61 Å². The molecule has 1 aromatic rings. The molecule has 1 aliphatic carbocycles. The van der Waals surface area contributed by atoms with Crippen LogP contribution >= 0.6 is 11.6 Å². The molecule has 8 nitrogen and oxygen atoms in total. The Hall–Kier alpha value is -2.32. The number of aliphatic carboxylic acids is 2. The second-order valence-electron chi connectivity index (χ2n) is 7.06. The van der Waals surface area contributed by atoms with Crippen molar-refractivity contribution < 1.29 is 29.3 Å². The fourth-order valence-electron chi connectivity index (χ4n) is 3.55. The van der Waals surface area contributed by atoms with E-state index >= 15 is 0 Å². The summed E-state index contributed by atoms with van der Waals surface area (Å²) in [4.78, 5) is 35.0. The molecule has 1 saturated heterocycles. The highest BCUT2D eigenvalue weighted by Gasteiger charge is 2.27. The number of benzene rings is 1. The molecule has 2 N–H and O–H groups in total. The highest BCUT2D eigenvalue weighted by molar-refractivity contribution is 6.30. The van der Waals surface area contributed by atoms with E-state index in [2.05, 4.69) is 4.90 Å². The Labute approximate surface area is 175 Å². The molecule has 29 heavy (non-hydrogen) atoms. The van der Waals surface area contributed by atoms with Crippen LogP contribution in [-0.4, -0.2) is 76.7 Å². The number of halogens is 1. The van der Waals surface area contributed by atoms with Crippen molar-refractivity contribution in [3.8, 4) is 5.75 Å². The van der Waals surface area contributed by atoms with E-state index in [9.17, 15) is 4.79 Å². The van der Waals surface area contributed by atoms with Crippen LogP contribution in [0.1, 0.15) is 32.1 Å². The van der Waals surface area contributed by atoms with Crippen LogP contribution in [0.25, 0.3) is 0 Å². The molecule has 0 spiro atoms. The summed E-state index contributed by atoms with van der Waals surface area (Å²) in [6.07, 6.45) is 6.76. The first-order chi connectivity index (χ1) is 13.9. The Bertz CT molecular complexity index is 671. The summed E-state index contributed by atoms with van der Waals surface area (Å²) in [6.45, 7) is 3.73. The SMILES string of the molecule is O=C(COc1ccc(Cl)cc1)N1CCN(C2CCCCC2)CC1.O=C(O)C(=O)O. The van der Waals surface area contributed by atoms with Crippen molar-refractivity contribution in [3.63, 3.8) is 0 Å². The molecule has 3 rings (SSSR count). The normalized spacial score (nSPS) is 17.8. The van der Waals surface area contributed by atoms with Gasteiger partial charge in [0.05, 0.1) is 0 Å². The molecule has 0 unspecified atom stereocenters. The predicted molar refractivity (Wildman–Crippen MR) is 107 cm³/mol. The topological polar surface area (TPSA) is 107 Å². The second-order valence-corrected chi connectivity index (χ2v) is 7.50. The molecule has 0 radical (unpaired) electrons. The number of nitrogens with zero attached hydrogens (tertiary/aromatic N) is 2. The quantitative estimate of drug-likeness (QED) is 0.711. The standard InChI is InChI=1S/C18H25ClN2O2.C2H2O4/c19-15-6-8-17(9-7-15)23-14-18(22)21-12-10-20(11-13-21)16-4-2-1-3-5-16;3-1(4)2(5)6/h6-9,16H,1-5,10-14H2;(H,3,4)(H,5,6). The molecule has 2 aliphatic rings. The number of carboxylic acids is 2. The number of ether oxygens (including phenoxy) is 1. The molecule has 0 bridgehead atoms. The zero-order chi connectivity index (χ0) is 21.2. The van der Waals surface area contributed by atoms with Crippen LogP contribution in [0.3, 0.4) is 0 Å². The molecule has 1 aromatic carbocycles. The van der Waals surface area contributed by atoms with Gasteiger partial charge < -0.3 is 19.8 Å². The lowest BCUT2D eigenvalue weighted by Gasteiger charge is -2.40. The van der Waals surface area contributed by atoms with Gasteiger partial charge in [-0.3, -0.25) is 9.69 Å². The minimum atomic E-state index is -1.82. The summed E-state index contributed by atoms with van der Waals surface area (Å²) in [5.41, 5.74) is 0. The molecule has 1 heterocycles. The Morgan fingerprint density at radius 2 is 1.48 bits per heavy atom. The van der Waals surface area contributed by atoms with Crippen LogP contribution in [0, 0.1) is 0 Å². The molecular weight excluding hydrogens is 400 g/mol. The predicted octanol–water partition coefficient (Wildman–Crippen LogP) is 2.35. The number of carbonyl (C=O) groups is 3. The van der Waals surface area contributed by atoms with E-state index in [-0.39, 0.29) is 12.5 Å². The van der Waals surface area contributed by atoms with Gasteiger partial charge in [0.2, 0.25) is 0 Å². The van der Waals surface area contributed by atoms with Crippen molar-refractivity contribution in [1.29, 1.82) is 0 Å². The van der Waals surface area contributed by atoms with E-state index in [0.29, 0.717) is 10.8 Å². The maximum atomic E-state index is 12.3. The van der Waals surface area contributed by atoms with Crippen LogP contribution in [-0.2, 0) is 14.4 Å². The molecule has 0 atom stereocenters. The lowest BCUT2D eigenvalue weighted by molar-refractivity contribution is -0.159. The Kier molecular flexibility index (Phi) is 9.21. The number of hydrogen-bond donors (Lipinski definition) is 2. The number of carbonyl (C=O) groups excluding carboxylic acids is 1. The van der Waals surface area contributed by atoms with Gasteiger partial charge in [-0.25, -0.2) is 9.59 Å². The monoisotopic (exact) mass is 426 g/mol. The summed E-state index contributed by atoms with van der Waals surface area (Å²) < 4.78 is 5.56. The fraction of sp³-hybridized carbons (Fsp3) is 0.550. The lowest BCUT2D eigenvalue weighted by Crippen LogP contribution is -2.53. The van der Waals surface area contributed by atoms with Crippen molar-refractivity contribution >= 4 is 29.4 Å². The number of hydrogen-bond acceptors (Lipinski definition) is 5. The third-order valence-corrected chi connectivity index (χ3v) is 5.37. The summed E-state index contributed by atoms with van der Waals surface area (Å²) >= 11 is 5.84. The summed E-state index contributed by atoms with van der Waals surface area (Å²) in [7, 11) is 0. The number of piperazine rings is 1. The van der Waals surface area contributed by atoms with Gasteiger partial charge in [0.25, 0.3) is 5.91 Å².